The molecule has 0 fully saturated rings. The maximum absolute atomic E-state index is 11.9. The molecule has 0 aliphatic heterocycles. The quantitative estimate of drug-likeness (QED) is 0.927. The van der Waals surface area contributed by atoms with E-state index in [1.165, 1.54) is 5.56 Å². The number of nitrogens with zero attached hydrogens (tertiary/aromatic N) is 1. The summed E-state index contributed by atoms with van der Waals surface area (Å²) in [6, 6.07) is 6.00. The summed E-state index contributed by atoms with van der Waals surface area (Å²) in [4.78, 5) is 25.4. The molecule has 1 N–H and O–H groups in total. The molecule has 0 aromatic heterocycles. The van der Waals surface area contributed by atoms with Crippen LogP contribution in [0.3, 0.4) is 0 Å². The summed E-state index contributed by atoms with van der Waals surface area (Å²) in [7, 11) is 0. The monoisotopic (exact) mass is 290 g/mol. The van der Waals surface area contributed by atoms with Crippen molar-refractivity contribution in [3.63, 3.8) is 0 Å². The second-order valence-corrected chi connectivity index (χ2v) is 6.47. The highest BCUT2D eigenvalue weighted by atomic mass is 16.2. The summed E-state index contributed by atoms with van der Waals surface area (Å²) >= 11 is 0. The highest BCUT2D eigenvalue weighted by Gasteiger charge is 2.21. The van der Waals surface area contributed by atoms with E-state index in [9.17, 15) is 9.59 Å². The van der Waals surface area contributed by atoms with Gasteiger partial charge in [0.05, 0.1) is 0 Å². The Morgan fingerprint density at radius 1 is 1.19 bits per heavy atom. The van der Waals surface area contributed by atoms with Gasteiger partial charge in [0.1, 0.15) is 0 Å². The number of anilines is 1. The molecule has 0 aliphatic rings. The summed E-state index contributed by atoms with van der Waals surface area (Å²) in [5.74, 6) is -0.0291. The lowest BCUT2D eigenvalue weighted by Gasteiger charge is -2.25. The van der Waals surface area contributed by atoms with E-state index in [2.05, 4.69) is 11.4 Å². The molecule has 21 heavy (non-hydrogen) atoms. The minimum absolute atomic E-state index is 0.00775. The number of nitrogens with one attached hydrogen (secondary N) is 1. The third-order valence-electron chi connectivity index (χ3n) is 3.33. The summed E-state index contributed by atoms with van der Waals surface area (Å²) in [6.07, 6.45) is 0. The lowest BCUT2D eigenvalue weighted by Crippen LogP contribution is -2.41. The fraction of sp³-hybridized carbons (Fsp3) is 0.529. The van der Waals surface area contributed by atoms with Gasteiger partial charge in [-0.3, -0.25) is 9.59 Å². The number of hydrogen-bond donors (Lipinski definition) is 1. The third kappa shape index (κ3) is 4.88. The Balaban J connectivity index is 2.76. The zero-order valence-electron chi connectivity index (χ0n) is 13.9. The van der Waals surface area contributed by atoms with E-state index in [4.69, 9.17) is 0 Å². The van der Waals surface area contributed by atoms with Crippen LogP contribution in [0.2, 0.25) is 0 Å². The number of carbonyl (C=O) groups excluding carboxylic acids is 2. The molecule has 0 spiro atoms. The first kappa shape index (κ1) is 17.2. The van der Waals surface area contributed by atoms with Crippen LogP contribution >= 0.6 is 0 Å². The number of aryl methyl sites for hydroxylation is 2. The van der Waals surface area contributed by atoms with E-state index in [1.54, 1.807) is 11.8 Å². The Labute approximate surface area is 127 Å². The van der Waals surface area contributed by atoms with Crippen LogP contribution in [0.5, 0.6) is 0 Å². The van der Waals surface area contributed by atoms with Crippen LogP contribution < -0.4 is 10.2 Å². The SMILES string of the molecule is CC(=O)N(CCNC(=O)C(C)(C)C)c1ccc(C)cc1C. The lowest BCUT2D eigenvalue weighted by molar-refractivity contribution is -0.128. The van der Waals surface area contributed by atoms with Gasteiger partial charge in [-0.05, 0) is 25.5 Å². The Morgan fingerprint density at radius 2 is 1.81 bits per heavy atom. The average Bonchev–Trinajstić information content (AvgIpc) is 2.34. The molecular formula is C17H26N2O2. The summed E-state index contributed by atoms with van der Waals surface area (Å²) < 4.78 is 0. The Kier molecular flexibility index (Phi) is 5.53. The minimum Gasteiger partial charge on any atom is -0.354 e. The van der Waals surface area contributed by atoms with Gasteiger partial charge in [0, 0.05) is 31.1 Å². The first-order valence-electron chi connectivity index (χ1n) is 7.26. The second kappa shape index (κ2) is 6.74. The van der Waals surface area contributed by atoms with Crippen LogP contribution in [0.15, 0.2) is 18.2 Å². The number of amides is 2. The molecule has 1 aromatic carbocycles. The highest BCUT2D eigenvalue weighted by molar-refractivity contribution is 5.92. The van der Waals surface area contributed by atoms with Gasteiger partial charge in [0.2, 0.25) is 11.8 Å². The predicted octanol–water partition coefficient (Wildman–Crippen LogP) is 2.82. The van der Waals surface area contributed by atoms with Gasteiger partial charge in [0.25, 0.3) is 0 Å². The van der Waals surface area contributed by atoms with Crippen LogP contribution in [-0.2, 0) is 9.59 Å². The van der Waals surface area contributed by atoms with Gasteiger partial charge in [-0.2, -0.15) is 0 Å². The summed E-state index contributed by atoms with van der Waals surface area (Å²) in [5, 5.41) is 2.88. The fourth-order valence-electron chi connectivity index (χ4n) is 2.10. The topological polar surface area (TPSA) is 49.4 Å². The molecule has 0 bridgehead atoms. The highest BCUT2D eigenvalue weighted by Crippen LogP contribution is 2.21. The fourth-order valence-corrected chi connectivity index (χ4v) is 2.10. The number of carbonyl (C=O) groups is 2. The van der Waals surface area contributed by atoms with Gasteiger partial charge >= 0.3 is 0 Å². The largest absolute Gasteiger partial charge is 0.354 e. The lowest BCUT2D eigenvalue weighted by atomic mass is 9.96. The van der Waals surface area contributed by atoms with E-state index in [-0.39, 0.29) is 11.8 Å². The van der Waals surface area contributed by atoms with Gasteiger partial charge in [-0.25, -0.2) is 0 Å². The Morgan fingerprint density at radius 3 is 2.29 bits per heavy atom. The normalized spacial score (nSPS) is 11.1. The van der Waals surface area contributed by atoms with Crippen molar-refractivity contribution in [2.24, 2.45) is 5.41 Å². The zero-order valence-corrected chi connectivity index (χ0v) is 13.9. The van der Waals surface area contributed by atoms with Crippen molar-refractivity contribution in [3.05, 3.63) is 29.3 Å². The Bertz CT molecular complexity index is 530. The smallest absolute Gasteiger partial charge is 0.225 e. The third-order valence-corrected chi connectivity index (χ3v) is 3.33. The molecule has 0 unspecified atom stereocenters. The van der Waals surface area contributed by atoms with Crippen LogP contribution in [0.1, 0.15) is 38.8 Å². The van der Waals surface area contributed by atoms with Crippen molar-refractivity contribution >= 4 is 17.5 Å². The standard InChI is InChI=1S/C17H26N2O2/c1-12-7-8-15(13(2)11-12)19(14(3)20)10-9-18-16(21)17(4,5)6/h7-8,11H,9-10H2,1-6H3,(H,18,21). The molecule has 0 aliphatic carbocycles. The maximum Gasteiger partial charge on any atom is 0.225 e. The molecule has 0 saturated heterocycles. The Hall–Kier alpha value is -1.84. The van der Waals surface area contributed by atoms with Crippen LogP contribution in [-0.4, -0.2) is 24.9 Å². The molecule has 116 valence electrons. The van der Waals surface area contributed by atoms with E-state index in [1.807, 2.05) is 46.8 Å². The van der Waals surface area contributed by atoms with Crippen molar-refractivity contribution < 1.29 is 9.59 Å². The molecule has 2 amide bonds. The van der Waals surface area contributed by atoms with Gasteiger partial charge in [-0.15, -0.1) is 0 Å². The van der Waals surface area contributed by atoms with Crippen molar-refractivity contribution in [2.45, 2.75) is 41.5 Å². The van der Waals surface area contributed by atoms with Crippen molar-refractivity contribution in [1.82, 2.24) is 5.32 Å². The van der Waals surface area contributed by atoms with Gasteiger partial charge in [0.15, 0.2) is 0 Å². The zero-order chi connectivity index (χ0) is 16.2. The maximum atomic E-state index is 11.9. The predicted molar refractivity (Wildman–Crippen MR) is 86.4 cm³/mol. The van der Waals surface area contributed by atoms with Crippen molar-refractivity contribution in [1.29, 1.82) is 0 Å². The van der Waals surface area contributed by atoms with Crippen molar-refractivity contribution in [2.75, 3.05) is 18.0 Å². The number of rotatable bonds is 4. The molecule has 4 heteroatoms. The molecule has 0 atom stereocenters. The molecule has 0 radical (unpaired) electrons. The molecule has 0 saturated carbocycles. The number of benzene rings is 1. The summed E-state index contributed by atoms with van der Waals surface area (Å²) in [6.45, 7) is 12.1. The van der Waals surface area contributed by atoms with E-state index >= 15 is 0 Å². The molecule has 1 rings (SSSR count). The molecule has 4 nitrogen and oxygen atoms in total. The molecule has 1 aromatic rings. The first-order chi connectivity index (χ1) is 9.62. The van der Waals surface area contributed by atoms with Crippen LogP contribution in [0.4, 0.5) is 5.69 Å². The van der Waals surface area contributed by atoms with Gasteiger partial charge < -0.3 is 10.2 Å². The second-order valence-electron chi connectivity index (χ2n) is 6.47. The average molecular weight is 290 g/mol. The van der Waals surface area contributed by atoms with Gasteiger partial charge in [-0.1, -0.05) is 38.5 Å². The molecular weight excluding hydrogens is 264 g/mol. The van der Waals surface area contributed by atoms with E-state index in [0.29, 0.717) is 13.1 Å². The first-order valence-corrected chi connectivity index (χ1v) is 7.26. The molecule has 0 heterocycles. The summed E-state index contributed by atoms with van der Waals surface area (Å²) in [5.41, 5.74) is 2.71. The van der Waals surface area contributed by atoms with E-state index in [0.717, 1.165) is 11.3 Å². The minimum atomic E-state index is -0.416. The van der Waals surface area contributed by atoms with Crippen LogP contribution in [0.25, 0.3) is 0 Å². The van der Waals surface area contributed by atoms with E-state index < -0.39 is 5.41 Å². The van der Waals surface area contributed by atoms with Crippen LogP contribution in [0, 0.1) is 19.3 Å². The van der Waals surface area contributed by atoms with Crippen molar-refractivity contribution in [3.8, 4) is 0 Å². The number of hydrogen-bond acceptors (Lipinski definition) is 2.